The van der Waals surface area contributed by atoms with Crippen molar-refractivity contribution in [3.63, 3.8) is 0 Å². The molecule has 0 radical (unpaired) electrons. The minimum Gasteiger partial charge on any atom is -0.308 e. The van der Waals surface area contributed by atoms with Crippen LogP contribution in [0.2, 0.25) is 0 Å². The first kappa shape index (κ1) is 20.3. The van der Waals surface area contributed by atoms with Crippen LogP contribution in [0.4, 0.5) is 11.4 Å². The minimum atomic E-state index is -3.58. The smallest absolute Gasteiger partial charge is 0.282 e. The molecule has 0 fully saturated rings. The zero-order valence-corrected chi connectivity index (χ0v) is 17.2. The fourth-order valence-electron chi connectivity index (χ4n) is 3.08. The van der Waals surface area contributed by atoms with Crippen LogP contribution in [0, 0.1) is 10.1 Å². The Hall–Kier alpha value is -2.43. The lowest BCUT2D eigenvalue weighted by Crippen LogP contribution is -2.29. The first-order valence-electron chi connectivity index (χ1n) is 8.36. The van der Waals surface area contributed by atoms with E-state index in [0.29, 0.717) is 18.7 Å². The first-order chi connectivity index (χ1) is 13.2. The van der Waals surface area contributed by atoms with Gasteiger partial charge in [0.05, 0.1) is 9.82 Å². The number of rotatable bonds is 5. The van der Waals surface area contributed by atoms with E-state index in [1.807, 2.05) is 6.26 Å². The summed E-state index contributed by atoms with van der Waals surface area (Å²) in [5.74, 6) is -0.468. The summed E-state index contributed by atoms with van der Waals surface area (Å²) >= 11 is 1.39. The Balaban J connectivity index is 2.01. The Morgan fingerprint density at radius 2 is 1.93 bits per heavy atom. The predicted molar refractivity (Wildman–Crippen MR) is 108 cm³/mol. The molecular formula is C18H19N3O5S2. The number of hydrogen-bond donors (Lipinski definition) is 0. The van der Waals surface area contributed by atoms with E-state index in [0.717, 1.165) is 14.8 Å². The van der Waals surface area contributed by atoms with E-state index in [-0.39, 0.29) is 16.1 Å². The molecule has 0 atom stereocenters. The highest BCUT2D eigenvalue weighted by atomic mass is 32.2. The van der Waals surface area contributed by atoms with Gasteiger partial charge in [0.1, 0.15) is 5.56 Å². The van der Waals surface area contributed by atoms with Crippen molar-refractivity contribution in [2.24, 2.45) is 0 Å². The van der Waals surface area contributed by atoms with E-state index in [4.69, 9.17) is 0 Å². The number of nitro benzene ring substituents is 1. The van der Waals surface area contributed by atoms with Gasteiger partial charge in [-0.25, -0.2) is 12.7 Å². The lowest BCUT2D eigenvalue weighted by Gasteiger charge is -2.18. The summed E-state index contributed by atoms with van der Waals surface area (Å²) in [6.07, 6.45) is 2.31. The fourth-order valence-corrected chi connectivity index (χ4v) is 4.47. The summed E-state index contributed by atoms with van der Waals surface area (Å²) in [7, 11) is -0.668. The highest BCUT2D eigenvalue weighted by molar-refractivity contribution is 7.98. The molecule has 0 saturated carbocycles. The predicted octanol–water partition coefficient (Wildman–Crippen LogP) is 2.77. The summed E-state index contributed by atoms with van der Waals surface area (Å²) in [5, 5.41) is 11.4. The average Bonchev–Trinajstić information content (AvgIpc) is 3.09. The van der Waals surface area contributed by atoms with Crippen molar-refractivity contribution in [1.82, 2.24) is 4.31 Å². The summed E-state index contributed by atoms with van der Waals surface area (Å²) in [6, 6.07) is 9.06. The van der Waals surface area contributed by atoms with E-state index in [1.54, 1.807) is 18.2 Å². The van der Waals surface area contributed by atoms with Crippen LogP contribution in [0.1, 0.15) is 15.9 Å². The van der Waals surface area contributed by atoms with Gasteiger partial charge in [0.25, 0.3) is 11.6 Å². The van der Waals surface area contributed by atoms with Gasteiger partial charge in [-0.3, -0.25) is 14.9 Å². The van der Waals surface area contributed by atoms with Crippen molar-refractivity contribution >= 4 is 39.1 Å². The van der Waals surface area contributed by atoms with Gasteiger partial charge in [0.15, 0.2) is 0 Å². The zero-order chi connectivity index (χ0) is 20.6. The quantitative estimate of drug-likeness (QED) is 0.418. The van der Waals surface area contributed by atoms with Gasteiger partial charge < -0.3 is 4.90 Å². The zero-order valence-electron chi connectivity index (χ0n) is 15.6. The largest absolute Gasteiger partial charge is 0.308 e. The topological polar surface area (TPSA) is 101 Å². The number of nitrogens with zero attached hydrogens (tertiary/aromatic N) is 3. The van der Waals surface area contributed by atoms with Crippen molar-refractivity contribution in [2.45, 2.75) is 16.2 Å². The second-order valence-electron chi connectivity index (χ2n) is 6.42. The fraction of sp³-hybridized carbons (Fsp3) is 0.278. The Bertz CT molecular complexity index is 1070. The van der Waals surface area contributed by atoms with Crippen LogP contribution in [0.5, 0.6) is 0 Å². The molecule has 2 aromatic rings. The minimum absolute atomic E-state index is 0.0229. The number of nitro groups is 1. The Kier molecular flexibility index (Phi) is 5.46. The number of fused-ring (bicyclic) bond motifs is 1. The van der Waals surface area contributed by atoms with E-state index in [2.05, 4.69) is 0 Å². The van der Waals surface area contributed by atoms with Crippen LogP contribution in [0.3, 0.4) is 0 Å². The number of anilines is 1. The molecule has 2 aromatic carbocycles. The van der Waals surface area contributed by atoms with Crippen LogP contribution in [0.25, 0.3) is 0 Å². The molecule has 1 aliphatic rings. The molecule has 0 N–H and O–H groups in total. The lowest BCUT2D eigenvalue weighted by molar-refractivity contribution is -0.385. The molecule has 0 aliphatic carbocycles. The third-order valence-corrected chi connectivity index (χ3v) is 7.14. The molecule has 8 nitrogen and oxygen atoms in total. The Morgan fingerprint density at radius 1 is 1.21 bits per heavy atom. The number of benzene rings is 2. The summed E-state index contributed by atoms with van der Waals surface area (Å²) < 4.78 is 25.8. The molecule has 0 bridgehead atoms. The van der Waals surface area contributed by atoms with Gasteiger partial charge in [0.2, 0.25) is 10.0 Å². The standard InChI is InChI=1S/C18H19N3O5S2/c1-19(2)28(25,26)14-5-7-16-12(10-14)8-9-20(16)18(22)15-11-13(27-3)4-6-17(15)21(23)24/h4-7,10-11H,8-9H2,1-3H3. The number of thioether (sulfide) groups is 1. The molecule has 0 saturated heterocycles. The van der Waals surface area contributed by atoms with Gasteiger partial charge in [-0.1, -0.05) is 0 Å². The lowest BCUT2D eigenvalue weighted by atomic mass is 10.1. The highest BCUT2D eigenvalue weighted by Gasteiger charge is 2.31. The van der Waals surface area contributed by atoms with Crippen molar-refractivity contribution in [3.8, 4) is 0 Å². The maximum atomic E-state index is 13.1. The molecule has 1 amide bonds. The monoisotopic (exact) mass is 421 g/mol. The maximum absolute atomic E-state index is 13.1. The SMILES string of the molecule is CSc1ccc([N+](=O)[O-])c(C(=O)N2CCc3cc(S(=O)(=O)N(C)C)ccc32)c1. The molecule has 148 valence electrons. The van der Waals surface area contributed by atoms with Crippen molar-refractivity contribution in [2.75, 3.05) is 31.8 Å². The second kappa shape index (κ2) is 7.53. The van der Waals surface area contributed by atoms with E-state index in [9.17, 15) is 23.3 Å². The van der Waals surface area contributed by atoms with Gasteiger partial charge in [-0.05, 0) is 48.6 Å². The van der Waals surface area contributed by atoms with Crippen molar-refractivity contribution in [1.29, 1.82) is 0 Å². The number of sulfonamides is 1. The van der Waals surface area contributed by atoms with Gasteiger partial charge >= 0.3 is 0 Å². The molecule has 3 rings (SSSR count). The summed E-state index contributed by atoms with van der Waals surface area (Å²) in [5.41, 5.74) is 1.07. The summed E-state index contributed by atoms with van der Waals surface area (Å²) in [6.45, 7) is 0.334. The third kappa shape index (κ3) is 3.50. The molecule has 0 spiro atoms. The molecule has 1 heterocycles. The summed E-state index contributed by atoms with van der Waals surface area (Å²) in [4.78, 5) is 26.2. The van der Waals surface area contributed by atoms with Gasteiger partial charge in [0, 0.05) is 37.3 Å². The number of hydrogen-bond acceptors (Lipinski definition) is 6. The molecule has 1 aliphatic heterocycles. The maximum Gasteiger partial charge on any atom is 0.282 e. The second-order valence-corrected chi connectivity index (χ2v) is 9.46. The molecule has 28 heavy (non-hydrogen) atoms. The van der Waals surface area contributed by atoms with Crippen LogP contribution >= 0.6 is 11.8 Å². The average molecular weight is 422 g/mol. The Morgan fingerprint density at radius 3 is 2.54 bits per heavy atom. The number of amides is 1. The van der Waals surface area contributed by atoms with Crippen LogP contribution in [-0.4, -0.2) is 50.4 Å². The molecular weight excluding hydrogens is 402 g/mol. The van der Waals surface area contributed by atoms with E-state index >= 15 is 0 Å². The van der Waals surface area contributed by atoms with E-state index in [1.165, 1.54) is 49.0 Å². The highest BCUT2D eigenvalue weighted by Crippen LogP contribution is 2.34. The van der Waals surface area contributed by atoms with Crippen LogP contribution in [0.15, 0.2) is 46.2 Å². The van der Waals surface area contributed by atoms with E-state index < -0.39 is 20.9 Å². The molecule has 10 heteroatoms. The van der Waals surface area contributed by atoms with Crippen molar-refractivity contribution < 1.29 is 18.1 Å². The van der Waals surface area contributed by atoms with Gasteiger partial charge in [-0.15, -0.1) is 11.8 Å². The number of carbonyl (C=O) groups is 1. The molecule has 0 unspecified atom stereocenters. The third-order valence-electron chi connectivity index (χ3n) is 4.60. The van der Waals surface area contributed by atoms with Gasteiger partial charge in [-0.2, -0.15) is 0 Å². The first-order valence-corrected chi connectivity index (χ1v) is 11.0. The Labute approximate surface area is 167 Å². The normalized spacial score (nSPS) is 13.6. The number of carbonyl (C=O) groups excluding carboxylic acids is 1. The molecule has 0 aromatic heterocycles. The van der Waals surface area contributed by atoms with Crippen LogP contribution in [-0.2, 0) is 16.4 Å². The van der Waals surface area contributed by atoms with Crippen molar-refractivity contribution in [3.05, 3.63) is 57.6 Å². The van der Waals surface area contributed by atoms with Crippen LogP contribution < -0.4 is 4.90 Å².